The summed E-state index contributed by atoms with van der Waals surface area (Å²) in [6.07, 6.45) is 3.52. The molecule has 0 saturated carbocycles. The maximum absolute atomic E-state index is 12.7. The van der Waals surface area contributed by atoms with Gasteiger partial charge in [-0.2, -0.15) is 0 Å². The largest absolute Gasteiger partial charge is 0.289 e. The predicted molar refractivity (Wildman–Crippen MR) is 103 cm³/mol. The molecule has 0 radical (unpaired) electrons. The molecule has 0 aliphatic heterocycles. The van der Waals surface area contributed by atoms with Gasteiger partial charge in [-0.05, 0) is 24.3 Å². The molecule has 3 nitrogen and oxygen atoms in total. The molecule has 0 N–H and O–H groups in total. The Morgan fingerprint density at radius 3 is 1.31 bits per heavy atom. The van der Waals surface area contributed by atoms with Gasteiger partial charge in [-0.25, -0.2) is 0 Å². The van der Waals surface area contributed by atoms with E-state index in [9.17, 15) is 4.79 Å². The number of carbonyl (C=O) groups excluding carboxylic acids is 1. The van der Waals surface area contributed by atoms with Crippen LogP contribution in [0.25, 0.3) is 22.5 Å². The fourth-order valence-electron chi connectivity index (χ4n) is 2.82. The number of pyridine rings is 2. The molecule has 0 saturated heterocycles. The fraction of sp³-hybridized carbons (Fsp3) is 0. The lowest BCUT2D eigenvalue weighted by atomic mass is 9.99. The van der Waals surface area contributed by atoms with Crippen LogP contribution in [-0.2, 0) is 0 Å². The van der Waals surface area contributed by atoms with Gasteiger partial charge in [-0.3, -0.25) is 14.8 Å². The molecule has 124 valence electrons. The van der Waals surface area contributed by atoms with Crippen molar-refractivity contribution in [3.8, 4) is 22.5 Å². The zero-order valence-corrected chi connectivity index (χ0v) is 14.0. The summed E-state index contributed by atoms with van der Waals surface area (Å²) in [5.74, 6) is 0.00476. The van der Waals surface area contributed by atoms with Crippen molar-refractivity contribution in [2.24, 2.45) is 0 Å². The fourth-order valence-corrected chi connectivity index (χ4v) is 2.82. The number of hydrogen-bond donors (Lipinski definition) is 0. The minimum atomic E-state index is 0.00476. The number of ketones is 1. The first kappa shape index (κ1) is 15.9. The van der Waals surface area contributed by atoms with Gasteiger partial charge in [0.2, 0.25) is 0 Å². The van der Waals surface area contributed by atoms with Gasteiger partial charge in [0.1, 0.15) is 0 Å². The van der Waals surface area contributed by atoms with Crippen molar-refractivity contribution >= 4 is 5.78 Å². The molecule has 0 unspecified atom stereocenters. The van der Waals surface area contributed by atoms with E-state index in [4.69, 9.17) is 0 Å². The van der Waals surface area contributed by atoms with Gasteiger partial charge in [0.25, 0.3) is 0 Å². The third-order valence-electron chi connectivity index (χ3n) is 4.22. The second-order valence-electron chi connectivity index (χ2n) is 5.91. The Labute approximate surface area is 152 Å². The monoisotopic (exact) mass is 336 g/mol. The third-order valence-corrected chi connectivity index (χ3v) is 4.22. The second kappa shape index (κ2) is 7.11. The van der Waals surface area contributed by atoms with Crippen molar-refractivity contribution in [2.45, 2.75) is 0 Å². The lowest BCUT2D eigenvalue weighted by Crippen LogP contribution is -2.01. The molecule has 0 amide bonds. The molecule has 0 aliphatic rings. The summed E-state index contributed by atoms with van der Waals surface area (Å²) in [5.41, 5.74) is 5.10. The van der Waals surface area contributed by atoms with E-state index in [2.05, 4.69) is 9.97 Å². The highest BCUT2D eigenvalue weighted by Gasteiger charge is 2.10. The molecule has 4 aromatic rings. The molecular formula is C23H16N2O. The molecule has 2 aromatic heterocycles. The molecule has 4 rings (SSSR count). The normalized spacial score (nSPS) is 10.5. The van der Waals surface area contributed by atoms with Gasteiger partial charge in [0.05, 0.1) is 11.4 Å². The van der Waals surface area contributed by atoms with Gasteiger partial charge in [0, 0.05) is 34.6 Å². The molecule has 0 bridgehead atoms. The standard InChI is InChI=1S/C23H16N2O/c26-23(19-11-7-17(8-12-19)21-5-1-3-15-24-21)20-13-9-18(10-14-20)22-6-2-4-16-25-22/h1-16H. The van der Waals surface area contributed by atoms with E-state index in [1.54, 1.807) is 12.4 Å². The average molecular weight is 336 g/mol. The summed E-state index contributed by atoms with van der Waals surface area (Å²) in [5, 5.41) is 0. The van der Waals surface area contributed by atoms with Crippen LogP contribution in [0.1, 0.15) is 15.9 Å². The Morgan fingerprint density at radius 2 is 0.962 bits per heavy atom. The van der Waals surface area contributed by atoms with Crippen molar-refractivity contribution < 1.29 is 4.79 Å². The zero-order valence-electron chi connectivity index (χ0n) is 14.0. The van der Waals surface area contributed by atoms with Crippen LogP contribution >= 0.6 is 0 Å². The Kier molecular flexibility index (Phi) is 4.35. The quantitative estimate of drug-likeness (QED) is 0.490. The number of aromatic nitrogens is 2. The van der Waals surface area contributed by atoms with E-state index < -0.39 is 0 Å². The van der Waals surface area contributed by atoms with Crippen molar-refractivity contribution in [3.05, 3.63) is 108 Å². The van der Waals surface area contributed by atoms with Crippen LogP contribution in [0.15, 0.2) is 97.3 Å². The number of nitrogens with zero attached hydrogens (tertiary/aromatic N) is 2. The lowest BCUT2D eigenvalue weighted by molar-refractivity contribution is 0.103. The van der Waals surface area contributed by atoms with Gasteiger partial charge in [-0.1, -0.05) is 60.7 Å². The van der Waals surface area contributed by atoms with Crippen molar-refractivity contribution in [2.75, 3.05) is 0 Å². The van der Waals surface area contributed by atoms with Gasteiger partial charge < -0.3 is 0 Å². The van der Waals surface area contributed by atoms with Crippen LogP contribution in [0, 0.1) is 0 Å². The number of carbonyl (C=O) groups is 1. The zero-order chi connectivity index (χ0) is 17.8. The van der Waals surface area contributed by atoms with E-state index in [-0.39, 0.29) is 5.78 Å². The van der Waals surface area contributed by atoms with Crippen LogP contribution in [0.3, 0.4) is 0 Å². The van der Waals surface area contributed by atoms with Crippen LogP contribution in [-0.4, -0.2) is 15.8 Å². The summed E-state index contributed by atoms with van der Waals surface area (Å²) in [6.45, 7) is 0. The topological polar surface area (TPSA) is 42.9 Å². The first-order chi connectivity index (χ1) is 12.8. The predicted octanol–water partition coefficient (Wildman–Crippen LogP) is 5.04. The van der Waals surface area contributed by atoms with E-state index in [1.165, 1.54) is 0 Å². The van der Waals surface area contributed by atoms with E-state index >= 15 is 0 Å². The van der Waals surface area contributed by atoms with E-state index in [1.807, 2.05) is 84.9 Å². The Balaban J connectivity index is 1.56. The highest BCUT2D eigenvalue weighted by molar-refractivity contribution is 6.09. The van der Waals surface area contributed by atoms with Gasteiger partial charge in [-0.15, -0.1) is 0 Å². The maximum Gasteiger partial charge on any atom is 0.193 e. The van der Waals surface area contributed by atoms with Crippen LogP contribution in [0.2, 0.25) is 0 Å². The molecule has 0 spiro atoms. The van der Waals surface area contributed by atoms with E-state index in [0.29, 0.717) is 11.1 Å². The Morgan fingerprint density at radius 1 is 0.538 bits per heavy atom. The summed E-state index contributed by atoms with van der Waals surface area (Å²) in [7, 11) is 0. The van der Waals surface area contributed by atoms with Crippen LogP contribution in [0.5, 0.6) is 0 Å². The van der Waals surface area contributed by atoms with Crippen LogP contribution < -0.4 is 0 Å². The van der Waals surface area contributed by atoms with E-state index in [0.717, 1.165) is 22.5 Å². The highest BCUT2D eigenvalue weighted by Crippen LogP contribution is 2.21. The molecule has 26 heavy (non-hydrogen) atoms. The Bertz CT molecular complexity index is 924. The maximum atomic E-state index is 12.7. The number of benzene rings is 2. The Hall–Kier alpha value is -3.59. The smallest absolute Gasteiger partial charge is 0.193 e. The lowest BCUT2D eigenvalue weighted by Gasteiger charge is -2.05. The highest BCUT2D eigenvalue weighted by atomic mass is 16.1. The summed E-state index contributed by atoms with van der Waals surface area (Å²) in [6, 6.07) is 26.7. The minimum Gasteiger partial charge on any atom is -0.289 e. The number of hydrogen-bond acceptors (Lipinski definition) is 3. The third kappa shape index (κ3) is 3.28. The molecule has 0 fully saturated rings. The number of rotatable bonds is 4. The molecule has 0 atom stereocenters. The molecule has 2 aromatic carbocycles. The van der Waals surface area contributed by atoms with Crippen molar-refractivity contribution in [1.82, 2.24) is 9.97 Å². The summed E-state index contributed by atoms with van der Waals surface area (Å²) >= 11 is 0. The molecule has 0 aliphatic carbocycles. The van der Waals surface area contributed by atoms with Gasteiger partial charge in [0.15, 0.2) is 5.78 Å². The van der Waals surface area contributed by atoms with Crippen molar-refractivity contribution in [3.63, 3.8) is 0 Å². The molecule has 2 heterocycles. The average Bonchev–Trinajstić information content (AvgIpc) is 2.75. The SMILES string of the molecule is O=C(c1ccc(-c2ccccn2)cc1)c1ccc(-c2ccccn2)cc1. The van der Waals surface area contributed by atoms with Crippen LogP contribution in [0.4, 0.5) is 0 Å². The molecule has 3 heteroatoms. The first-order valence-electron chi connectivity index (χ1n) is 8.39. The van der Waals surface area contributed by atoms with Crippen molar-refractivity contribution in [1.29, 1.82) is 0 Å². The minimum absolute atomic E-state index is 0.00476. The first-order valence-corrected chi connectivity index (χ1v) is 8.39. The summed E-state index contributed by atoms with van der Waals surface area (Å²) < 4.78 is 0. The van der Waals surface area contributed by atoms with Gasteiger partial charge >= 0.3 is 0 Å². The summed E-state index contributed by atoms with van der Waals surface area (Å²) in [4.78, 5) is 21.4. The second-order valence-corrected chi connectivity index (χ2v) is 5.91. The molecular weight excluding hydrogens is 320 g/mol.